The average molecular weight is 319 g/mol. The van der Waals surface area contributed by atoms with Crippen LogP contribution in [0, 0.1) is 12.8 Å². The molecule has 0 aromatic carbocycles. The first-order valence-electron chi connectivity index (χ1n) is 8.05. The molecule has 23 heavy (non-hydrogen) atoms. The van der Waals surface area contributed by atoms with Crippen LogP contribution in [0.2, 0.25) is 0 Å². The summed E-state index contributed by atoms with van der Waals surface area (Å²) in [4.78, 5) is 8.40. The van der Waals surface area contributed by atoms with Gasteiger partial charge in [-0.3, -0.25) is 0 Å². The first-order chi connectivity index (χ1) is 11.1. The normalized spacial score (nSPS) is 33.0. The zero-order chi connectivity index (χ0) is 16.1. The van der Waals surface area contributed by atoms with Crippen molar-refractivity contribution in [2.75, 3.05) is 0 Å². The summed E-state index contributed by atoms with van der Waals surface area (Å²) >= 11 is 0. The minimum atomic E-state index is -1.11. The highest BCUT2D eigenvalue weighted by atomic mass is 16.6. The van der Waals surface area contributed by atoms with Crippen LogP contribution >= 0.6 is 0 Å². The second-order valence-corrected chi connectivity index (χ2v) is 6.57. The molecule has 0 bridgehead atoms. The molecule has 2 aliphatic rings. The van der Waals surface area contributed by atoms with Gasteiger partial charge in [0.2, 0.25) is 0 Å². The Morgan fingerprint density at radius 2 is 2.04 bits per heavy atom. The standard InChI is InChI=1S/C16H21N3O4/c1-8-10-5-6-19(15(10)18-7-17-8)16-13(22)12(21)14(23-16)11(20)9-3-2-4-9/h5-7,9,11-14,16,20-22H,2-4H2,1H3/t11-,12+,13-,14-,16-/m1/s1. The molecule has 1 saturated carbocycles. The number of aliphatic hydroxyl groups is 3. The van der Waals surface area contributed by atoms with Crippen LogP contribution in [-0.2, 0) is 4.74 Å². The largest absolute Gasteiger partial charge is 0.390 e. The van der Waals surface area contributed by atoms with Crippen molar-refractivity contribution in [2.45, 2.75) is 56.8 Å². The molecule has 0 unspecified atom stereocenters. The number of aromatic nitrogens is 3. The SMILES string of the molecule is Cc1ncnc2c1ccn2[C@@H]1O[C@H]([C@H](O)C2CCC2)[C@@H](O)[C@H]1O. The zero-order valence-corrected chi connectivity index (χ0v) is 12.9. The van der Waals surface area contributed by atoms with Gasteiger partial charge in [0.05, 0.1) is 11.8 Å². The van der Waals surface area contributed by atoms with Crippen molar-refractivity contribution in [1.29, 1.82) is 0 Å². The number of hydrogen-bond acceptors (Lipinski definition) is 6. The summed E-state index contributed by atoms with van der Waals surface area (Å²) in [6.45, 7) is 1.89. The molecule has 0 amide bonds. The van der Waals surface area contributed by atoms with Gasteiger partial charge in [0.1, 0.15) is 30.3 Å². The lowest BCUT2D eigenvalue weighted by Crippen LogP contribution is -2.44. The first-order valence-corrected chi connectivity index (χ1v) is 8.05. The van der Waals surface area contributed by atoms with Crippen LogP contribution in [0.1, 0.15) is 31.2 Å². The van der Waals surface area contributed by atoms with Crippen molar-refractivity contribution in [3.63, 3.8) is 0 Å². The van der Waals surface area contributed by atoms with E-state index in [4.69, 9.17) is 4.74 Å². The van der Waals surface area contributed by atoms with Crippen molar-refractivity contribution in [2.24, 2.45) is 5.92 Å². The summed E-state index contributed by atoms with van der Waals surface area (Å²) in [5.74, 6) is 0.145. The van der Waals surface area contributed by atoms with E-state index in [1.165, 1.54) is 6.33 Å². The fourth-order valence-corrected chi connectivity index (χ4v) is 3.55. The van der Waals surface area contributed by atoms with Gasteiger partial charge in [0.15, 0.2) is 6.23 Å². The highest BCUT2D eigenvalue weighted by Crippen LogP contribution is 2.39. The molecule has 124 valence electrons. The lowest BCUT2D eigenvalue weighted by Gasteiger charge is -2.34. The Bertz CT molecular complexity index is 714. The van der Waals surface area contributed by atoms with Gasteiger partial charge in [0, 0.05) is 11.6 Å². The van der Waals surface area contributed by atoms with E-state index in [0.717, 1.165) is 30.3 Å². The van der Waals surface area contributed by atoms with E-state index >= 15 is 0 Å². The van der Waals surface area contributed by atoms with Gasteiger partial charge >= 0.3 is 0 Å². The van der Waals surface area contributed by atoms with Crippen LogP contribution in [0.4, 0.5) is 0 Å². The third kappa shape index (κ3) is 2.27. The minimum absolute atomic E-state index is 0.145. The summed E-state index contributed by atoms with van der Waals surface area (Å²) < 4.78 is 7.55. The molecule has 3 heterocycles. The zero-order valence-electron chi connectivity index (χ0n) is 12.9. The van der Waals surface area contributed by atoms with Crippen molar-refractivity contribution in [1.82, 2.24) is 14.5 Å². The second kappa shape index (κ2) is 5.52. The molecule has 4 rings (SSSR count). The van der Waals surface area contributed by atoms with Crippen molar-refractivity contribution >= 4 is 11.0 Å². The monoisotopic (exact) mass is 319 g/mol. The Morgan fingerprint density at radius 1 is 1.26 bits per heavy atom. The molecule has 3 N–H and O–H groups in total. The van der Waals surface area contributed by atoms with Crippen molar-refractivity contribution in [3.8, 4) is 0 Å². The lowest BCUT2D eigenvalue weighted by molar-refractivity contribution is -0.111. The Balaban J connectivity index is 1.64. The number of nitrogens with zero attached hydrogens (tertiary/aromatic N) is 3. The third-order valence-electron chi connectivity index (χ3n) is 5.23. The van der Waals surface area contributed by atoms with Gasteiger partial charge < -0.3 is 24.6 Å². The highest BCUT2D eigenvalue weighted by Gasteiger charge is 2.49. The van der Waals surface area contributed by atoms with Crippen LogP contribution in [0.5, 0.6) is 0 Å². The van der Waals surface area contributed by atoms with E-state index in [1.807, 2.05) is 13.0 Å². The summed E-state index contributed by atoms with van der Waals surface area (Å²) in [5, 5.41) is 32.0. The van der Waals surface area contributed by atoms with Crippen molar-refractivity contribution < 1.29 is 20.1 Å². The summed E-state index contributed by atoms with van der Waals surface area (Å²) in [6, 6.07) is 1.86. The Hall–Kier alpha value is -1.54. The number of hydrogen-bond donors (Lipinski definition) is 3. The summed E-state index contributed by atoms with van der Waals surface area (Å²) in [5.41, 5.74) is 1.49. The van der Waals surface area contributed by atoms with E-state index < -0.39 is 30.6 Å². The highest BCUT2D eigenvalue weighted by molar-refractivity contribution is 5.78. The molecular formula is C16H21N3O4. The van der Waals surface area contributed by atoms with Crippen LogP contribution in [0.3, 0.4) is 0 Å². The molecule has 2 fully saturated rings. The predicted octanol–water partition coefficient (Wildman–Crippen LogP) is 0.520. The molecular weight excluding hydrogens is 298 g/mol. The van der Waals surface area contributed by atoms with E-state index in [2.05, 4.69) is 9.97 Å². The van der Waals surface area contributed by atoms with E-state index in [0.29, 0.717) is 5.65 Å². The smallest absolute Gasteiger partial charge is 0.164 e. The van der Waals surface area contributed by atoms with E-state index in [-0.39, 0.29) is 5.92 Å². The molecule has 2 aromatic rings. The maximum atomic E-state index is 10.4. The Labute approximate surface area is 133 Å². The Morgan fingerprint density at radius 3 is 2.74 bits per heavy atom. The van der Waals surface area contributed by atoms with Gasteiger partial charge in [-0.15, -0.1) is 0 Å². The maximum Gasteiger partial charge on any atom is 0.164 e. The molecule has 0 radical (unpaired) electrons. The quantitative estimate of drug-likeness (QED) is 0.762. The fraction of sp³-hybridized carbons (Fsp3) is 0.625. The van der Waals surface area contributed by atoms with E-state index in [9.17, 15) is 15.3 Å². The minimum Gasteiger partial charge on any atom is -0.390 e. The lowest BCUT2D eigenvalue weighted by atomic mass is 9.78. The molecule has 1 aliphatic heterocycles. The van der Waals surface area contributed by atoms with Gasteiger partial charge in [-0.2, -0.15) is 0 Å². The third-order valence-corrected chi connectivity index (χ3v) is 5.23. The maximum absolute atomic E-state index is 10.4. The molecule has 1 aliphatic carbocycles. The van der Waals surface area contributed by atoms with Crippen molar-refractivity contribution in [3.05, 3.63) is 24.3 Å². The first kappa shape index (κ1) is 15.0. The number of aryl methyl sites for hydroxylation is 1. The summed E-state index contributed by atoms with van der Waals surface area (Å²) in [7, 11) is 0. The van der Waals surface area contributed by atoms with Gasteiger partial charge in [-0.1, -0.05) is 6.42 Å². The molecule has 5 atom stereocenters. The molecule has 0 spiro atoms. The van der Waals surface area contributed by atoms with Crippen LogP contribution in [-0.4, -0.2) is 54.3 Å². The number of ether oxygens (including phenoxy) is 1. The van der Waals surface area contributed by atoms with Crippen LogP contribution in [0.25, 0.3) is 11.0 Å². The predicted molar refractivity (Wildman–Crippen MR) is 81.5 cm³/mol. The van der Waals surface area contributed by atoms with Crippen LogP contribution in [0.15, 0.2) is 18.6 Å². The molecule has 7 heteroatoms. The summed E-state index contributed by atoms with van der Waals surface area (Å²) in [6.07, 6.45) is 1.68. The van der Waals surface area contributed by atoms with Crippen LogP contribution < -0.4 is 0 Å². The number of aliphatic hydroxyl groups excluding tert-OH is 3. The number of rotatable bonds is 3. The van der Waals surface area contributed by atoms with Gasteiger partial charge in [-0.05, 0) is 31.7 Å². The molecule has 2 aromatic heterocycles. The fourth-order valence-electron chi connectivity index (χ4n) is 3.55. The molecule has 7 nitrogen and oxygen atoms in total. The number of fused-ring (bicyclic) bond motifs is 1. The second-order valence-electron chi connectivity index (χ2n) is 6.57. The Kier molecular flexibility index (Phi) is 3.60. The van der Waals surface area contributed by atoms with Gasteiger partial charge in [-0.25, -0.2) is 9.97 Å². The van der Waals surface area contributed by atoms with Gasteiger partial charge in [0.25, 0.3) is 0 Å². The average Bonchev–Trinajstić information content (AvgIpc) is 3.01. The van der Waals surface area contributed by atoms with E-state index in [1.54, 1.807) is 10.8 Å². The topological polar surface area (TPSA) is 101 Å². The molecule has 1 saturated heterocycles.